The first-order valence-corrected chi connectivity index (χ1v) is 9.42. The molecule has 1 aromatic rings. The van der Waals surface area contributed by atoms with Crippen LogP contribution >= 0.6 is 11.8 Å². The third kappa shape index (κ3) is 3.78. The molecule has 0 bridgehead atoms. The van der Waals surface area contributed by atoms with Gasteiger partial charge in [-0.3, -0.25) is 0 Å². The Balaban J connectivity index is 1.52. The maximum absolute atomic E-state index is 4.75. The molecule has 1 N–H and O–H groups in total. The summed E-state index contributed by atoms with van der Waals surface area (Å²) in [4.78, 5) is 6.85. The first kappa shape index (κ1) is 15.7. The molecule has 1 aliphatic heterocycles. The van der Waals surface area contributed by atoms with E-state index in [1.165, 1.54) is 36.3 Å². The molecule has 120 valence electrons. The average Bonchev–Trinajstić information content (AvgIpc) is 3.20. The number of guanidine groups is 1. The van der Waals surface area contributed by atoms with Crippen molar-refractivity contribution in [2.75, 3.05) is 32.1 Å². The van der Waals surface area contributed by atoms with Crippen molar-refractivity contribution in [3.8, 4) is 0 Å². The molecule has 22 heavy (non-hydrogen) atoms. The minimum absolute atomic E-state index is 0.676. The van der Waals surface area contributed by atoms with Crippen LogP contribution in [0, 0.1) is 11.3 Å². The zero-order chi connectivity index (χ0) is 15.4. The first-order chi connectivity index (χ1) is 10.7. The van der Waals surface area contributed by atoms with Crippen LogP contribution in [0.15, 0.2) is 35.3 Å². The SMILES string of the molecule is CN(C)C(=NCc1ccccc1)NCC1CC12CCSCC2. The van der Waals surface area contributed by atoms with E-state index in [2.05, 4.69) is 60.3 Å². The Bertz CT molecular complexity index is 506. The van der Waals surface area contributed by atoms with E-state index >= 15 is 0 Å². The van der Waals surface area contributed by atoms with Gasteiger partial charge in [-0.05, 0) is 47.7 Å². The molecule has 4 heteroatoms. The zero-order valence-corrected chi connectivity index (χ0v) is 14.5. The summed E-state index contributed by atoms with van der Waals surface area (Å²) >= 11 is 2.12. The normalized spacial score (nSPS) is 23.4. The number of rotatable bonds is 4. The van der Waals surface area contributed by atoms with Gasteiger partial charge < -0.3 is 10.2 Å². The van der Waals surface area contributed by atoms with Gasteiger partial charge in [0.2, 0.25) is 0 Å². The van der Waals surface area contributed by atoms with Gasteiger partial charge >= 0.3 is 0 Å². The molecule has 0 amide bonds. The van der Waals surface area contributed by atoms with Crippen LogP contribution in [0.25, 0.3) is 0 Å². The number of aliphatic imine (C=N–C) groups is 1. The summed E-state index contributed by atoms with van der Waals surface area (Å²) < 4.78 is 0. The summed E-state index contributed by atoms with van der Waals surface area (Å²) in [5, 5.41) is 3.59. The Morgan fingerprint density at radius 3 is 2.68 bits per heavy atom. The standard InChI is InChI=1S/C18H27N3S/c1-21(2)17(19-13-15-6-4-3-5-7-15)20-14-16-12-18(16)8-10-22-11-9-18/h3-7,16H,8-14H2,1-2H3,(H,19,20). The summed E-state index contributed by atoms with van der Waals surface area (Å²) in [5.74, 6) is 4.59. The van der Waals surface area contributed by atoms with Crippen molar-refractivity contribution in [1.29, 1.82) is 0 Å². The van der Waals surface area contributed by atoms with E-state index in [0.717, 1.165) is 25.0 Å². The van der Waals surface area contributed by atoms with E-state index in [1.54, 1.807) is 0 Å². The fourth-order valence-electron chi connectivity index (χ4n) is 3.43. The molecule has 1 unspecified atom stereocenters. The monoisotopic (exact) mass is 317 g/mol. The fourth-order valence-corrected chi connectivity index (χ4v) is 4.74. The van der Waals surface area contributed by atoms with E-state index in [9.17, 15) is 0 Å². The maximum atomic E-state index is 4.75. The molecule has 1 saturated heterocycles. The van der Waals surface area contributed by atoms with E-state index in [1.807, 2.05) is 6.07 Å². The minimum atomic E-state index is 0.676. The topological polar surface area (TPSA) is 27.6 Å². The van der Waals surface area contributed by atoms with Crippen LogP contribution in [0.4, 0.5) is 0 Å². The summed E-state index contributed by atoms with van der Waals surface area (Å²) in [6.07, 6.45) is 4.25. The number of benzene rings is 1. The van der Waals surface area contributed by atoms with Crippen LogP contribution in [0.5, 0.6) is 0 Å². The summed E-state index contributed by atoms with van der Waals surface area (Å²) in [6, 6.07) is 10.5. The molecule has 1 atom stereocenters. The van der Waals surface area contributed by atoms with Gasteiger partial charge in [0, 0.05) is 20.6 Å². The molecule has 1 aliphatic carbocycles. The highest BCUT2D eigenvalue weighted by Gasteiger charge is 2.53. The fraction of sp³-hybridized carbons (Fsp3) is 0.611. The van der Waals surface area contributed by atoms with Gasteiger partial charge in [-0.2, -0.15) is 11.8 Å². The molecule has 3 nitrogen and oxygen atoms in total. The predicted molar refractivity (Wildman–Crippen MR) is 96.4 cm³/mol. The summed E-state index contributed by atoms with van der Waals surface area (Å²) in [5.41, 5.74) is 1.94. The lowest BCUT2D eigenvalue weighted by atomic mass is 9.96. The van der Waals surface area contributed by atoms with Gasteiger partial charge in [0.05, 0.1) is 6.54 Å². The van der Waals surface area contributed by atoms with Crippen molar-refractivity contribution < 1.29 is 0 Å². The van der Waals surface area contributed by atoms with Crippen molar-refractivity contribution in [3.63, 3.8) is 0 Å². The van der Waals surface area contributed by atoms with Crippen molar-refractivity contribution in [2.45, 2.75) is 25.8 Å². The summed E-state index contributed by atoms with van der Waals surface area (Å²) in [6.45, 7) is 1.82. The second-order valence-corrected chi connectivity index (χ2v) is 8.00. The van der Waals surface area contributed by atoms with Crippen molar-refractivity contribution >= 4 is 17.7 Å². The highest BCUT2D eigenvalue weighted by molar-refractivity contribution is 7.99. The second-order valence-electron chi connectivity index (χ2n) is 6.78. The number of nitrogens with one attached hydrogen (secondary N) is 1. The Hall–Kier alpha value is -1.16. The van der Waals surface area contributed by atoms with Crippen LogP contribution in [0.3, 0.4) is 0 Å². The lowest BCUT2D eigenvalue weighted by molar-refractivity contribution is 0.414. The van der Waals surface area contributed by atoms with Crippen molar-refractivity contribution in [1.82, 2.24) is 10.2 Å². The van der Waals surface area contributed by atoms with Crippen LogP contribution < -0.4 is 5.32 Å². The van der Waals surface area contributed by atoms with Crippen molar-refractivity contribution in [3.05, 3.63) is 35.9 Å². The van der Waals surface area contributed by atoms with E-state index < -0.39 is 0 Å². The Morgan fingerprint density at radius 1 is 1.27 bits per heavy atom. The van der Waals surface area contributed by atoms with E-state index in [4.69, 9.17) is 4.99 Å². The molecule has 3 rings (SSSR count). The second kappa shape index (κ2) is 6.95. The lowest BCUT2D eigenvalue weighted by Gasteiger charge is -2.23. The molecule has 1 spiro atoms. The van der Waals surface area contributed by atoms with E-state index in [-0.39, 0.29) is 0 Å². The molecule has 0 aromatic heterocycles. The Labute approximate surface area is 138 Å². The van der Waals surface area contributed by atoms with Gasteiger partial charge in [-0.15, -0.1) is 0 Å². The van der Waals surface area contributed by atoms with Crippen LogP contribution in [-0.2, 0) is 6.54 Å². The predicted octanol–water partition coefficient (Wildman–Crippen LogP) is 3.23. The largest absolute Gasteiger partial charge is 0.356 e. The molecule has 1 saturated carbocycles. The summed E-state index contributed by atoms with van der Waals surface area (Å²) in [7, 11) is 4.13. The number of nitrogens with zero attached hydrogens (tertiary/aromatic N) is 2. The van der Waals surface area contributed by atoms with Crippen LogP contribution in [0.1, 0.15) is 24.8 Å². The number of thioether (sulfide) groups is 1. The molecule has 2 aliphatic rings. The Morgan fingerprint density at radius 2 is 2.00 bits per heavy atom. The molecular weight excluding hydrogens is 290 g/mol. The van der Waals surface area contributed by atoms with Crippen molar-refractivity contribution in [2.24, 2.45) is 16.3 Å². The van der Waals surface area contributed by atoms with Gasteiger partial charge in [0.25, 0.3) is 0 Å². The average molecular weight is 318 g/mol. The van der Waals surface area contributed by atoms with Crippen LogP contribution in [-0.4, -0.2) is 43.0 Å². The van der Waals surface area contributed by atoms with Gasteiger partial charge in [-0.25, -0.2) is 4.99 Å². The molecule has 0 radical (unpaired) electrons. The smallest absolute Gasteiger partial charge is 0.193 e. The molecular formula is C18H27N3S. The van der Waals surface area contributed by atoms with Gasteiger partial charge in [0.1, 0.15) is 0 Å². The highest BCUT2D eigenvalue weighted by Crippen LogP contribution is 2.60. The molecule has 1 heterocycles. The van der Waals surface area contributed by atoms with Crippen LogP contribution in [0.2, 0.25) is 0 Å². The number of hydrogen-bond donors (Lipinski definition) is 1. The quantitative estimate of drug-likeness (QED) is 0.682. The number of hydrogen-bond acceptors (Lipinski definition) is 2. The zero-order valence-electron chi connectivity index (χ0n) is 13.7. The highest BCUT2D eigenvalue weighted by atomic mass is 32.2. The Kier molecular flexibility index (Phi) is 4.97. The lowest BCUT2D eigenvalue weighted by Crippen LogP contribution is -2.38. The first-order valence-electron chi connectivity index (χ1n) is 8.27. The maximum Gasteiger partial charge on any atom is 0.193 e. The molecule has 2 fully saturated rings. The van der Waals surface area contributed by atoms with Gasteiger partial charge in [-0.1, -0.05) is 30.3 Å². The third-order valence-corrected chi connectivity index (χ3v) is 6.02. The third-order valence-electron chi connectivity index (χ3n) is 5.03. The minimum Gasteiger partial charge on any atom is -0.356 e. The van der Waals surface area contributed by atoms with E-state index in [0.29, 0.717) is 5.41 Å². The van der Waals surface area contributed by atoms with Gasteiger partial charge in [0.15, 0.2) is 5.96 Å². The molecule has 1 aromatic carbocycles.